The van der Waals surface area contributed by atoms with Crippen LogP contribution in [0.3, 0.4) is 0 Å². The van der Waals surface area contributed by atoms with E-state index < -0.39 is 0 Å². The summed E-state index contributed by atoms with van der Waals surface area (Å²) in [6, 6.07) is 0. The molecule has 0 aromatic heterocycles. The summed E-state index contributed by atoms with van der Waals surface area (Å²) in [6.45, 7) is 5.02. The highest BCUT2D eigenvalue weighted by Crippen LogP contribution is 2.17. The van der Waals surface area contributed by atoms with Crippen molar-refractivity contribution >= 4 is 0 Å². The zero-order valence-corrected chi connectivity index (χ0v) is 17.7. The Labute approximate surface area is 163 Å². The van der Waals surface area contributed by atoms with Crippen LogP contribution in [-0.2, 0) is 4.74 Å². The topological polar surface area (TPSA) is 32.7 Å². The van der Waals surface area contributed by atoms with Gasteiger partial charge in [-0.2, -0.15) is 0 Å². The SMILES string of the molecule is CCCCCCCCCCCCCCCCCCC1CN(CCO)CO1. The maximum Gasteiger partial charge on any atom is 0.0996 e. The maximum atomic E-state index is 8.94. The Balaban J connectivity index is 1.70. The van der Waals surface area contributed by atoms with Crippen molar-refractivity contribution in [2.75, 3.05) is 26.4 Å². The minimum atomic E-state index is 0.245. The summed E-state index contributed by atoms with van der Waals surface area (Å²) in [5, 5.41) is 8.94. The third kappa shape index (κ3) is 14.0. The first-order valence-electron chi connectivity index (χ1n) is 11.8. The van der Waals surface area contributed by atoms with E-state index in [-0.39, 0.29) is 6.61 Å². The summed E-state index contributed by atoms with van der Waals surface area (Å²) in [6.07, 6.45) is 24.4. The number of aliphatic hydroxyl groups is 1. The molecule has 1 aliphatic heterocycles. The fourth-order valence-corrected chi connectivity index (χ4v) is 4.00. The molecule has 0 aromatic rings. The van der Waals surface area contributed by atoms with Gasteiger partial charge < -0.3 is 9.84 Å². The molecule has 3 heteroatoms. The largest absolute Gasteiger partial charge is 0.395 e. The van der Waals surface area contributed by atoms with E-state index in [1.165, 1.54) is 109 Å². The minimum Gasteiger partial charge on any atom is -0.395 e. The smallest absolute Gasteiger partial charge is 0.0996 e. The van der Waals surface area contributed by atoms with Crippen molar-refractivity contribution in [3.05, 3.63) is 0 Å². The standard InChI is InChI=1S/C23H47NO2/c1-2-3-4-5-6-7-8-9-10-11-12-13-14-15-16-17-18-23-21-24(19-20-25)22-26-23/h23,25H,2-22H2,1H3. The van der Waals surface area contributed by atoms with Crippen LogP contribution < -0.4 is 0 Å². The number of β-amino-alcohol motifs (C(OH)–C–C–N with tert-alkyl or cyclic N) is 1. The number of hydrogen-bond donors (Lipinski definition) is 1. The minimum absolute atomic E-state index is 0.245. The molecule has 1 atom stereocenters. The second kappa shape index (κ2) is 18.3. The molecule has 1 heterocycles. The summed E-state index contributed by atoms with van der Waals surface area (Å²) in [4.78, 5) is 2.21. The average Bonchev–Trinajstić information content (AvgIpc) is 3.09. The Morgan fingerprint density at radius 1 is 0.731 bits per heavy atom. The van der Waals surface area contributed by atoms with Crippen LogP contribution in [0.2, 0.25) is 0 Å². The molecule has 1 unspecified atom stereocenters. The second-order valence-electron chi connectivity index (χ2n) is 8.31. The molecule has 156 valence electrons. The van der Waals surface area contributed by atoms with Gasteiger partial charge >= 0.3 is 0 Å². The molecule has 0 radical (unpaired) electrons. The Morgan fingerprint density at radius 2 is 1.19 bits per heavy atom. The van der Waals surface area contributed by atoms with E-state index in [2.05, 4.69) is 11.8 Å². The van der Waals surface area contributed by atoms with E-state index in [1.54, 1.807) is 0 Å². The molecule has 0 saturated carbocycles. The van der Waals surface area contributed by atoms with Gasteiger partial charge in [0.1, 0.15) is 0 Å². The average molecular weight is 370 g/mol. The lowest BCUT2D eigenvalue weighted by atomic mass is 10.0. The van der Waals surface area contributed by atoms with Crippen molar-refractivity contribution in [3.63, 3.8) is 0 Å². The van der Waals surface area contributed by atoms with Gasteiger partial charge in [0, 0.05) is 13.1 Å². The molecular weight excluding hydrogens is 322 g/mol. The molecule has 0 aliphatic carbocycles. The van der Waals surface area contributed by atoms with Crippen molar-refractivity contribution < 1.29 is 9.84 Å². The predicted octanol–water partition coefficient (Wildman–Crippen LogP) is 6.29. The highest BCUT2D eigenvalue weighted by atomic mass is 16.5. The molecule has 1 aliphatic rings. The van der Waals surface area contributed by atoms with Gasteiger partial charge in [0.15, 0.2) is 0 Å². The van der Waals surface area contributed by atoms with Gasteiger partial charge in [-0.3, -0.25) is 4.90 Å². The lowest BCUT2D eigenvalue weighted by Crippen LogP contribution is -2.25. The highest BCUT2D eigenvalue weighted by molar-refractivity contribution is 4.70. The number of rotatable bonds is 19. The fourth-order valence-electron chi connectivity index (χ4n) is 4.00. The van der Waals surface area contributed by atoms with Gasteiger partial charge in [-0.1, -0.05) is 110 Å². The van der Waals surface area contributed by atoms with Gasteiger partial charge in [0.05, 0.1) is 19.4 Å². The first-order chi connectivity index (χ1) is 12.9. The first kappa shape index (κ1) is 23.9. The van der Waals surface area contributed by atoms with E-state index in [0.717, 1.165) is 13.1 Å². The van der Waals surface area contributed by atoms with Crippen molar-refractivity contribution in [2.24, 2.45) is 0 Å². The van der Waals surface area contributed by atoms with Crippen LogP contribution >= 0.6 is 0 Å². The van der Waals surface area contributed by atoms with Crippen LogP contribution in [0.5, 0.6) is 0 Å². The lowest BCUT2D eigenvalue weighted by Gasteiger charge is -2.11. The van der Waals surface area contributed by atoms with Gasteiger partial charge in [0.2, 0.25) is 0 Å². The van der Waals surface area contributed by atoms with E-state index in [0.29, 0.717) is 12.8 Å². The number of ether oxygens (including phenoxy) is 1. The summed E-state index contributed by atoms with van der Waals surface area (Å²) < 4.78 is 5.76. The Morgan fingerprint density at radius 3 is 1.65 bits per heavy atom. The highest BCUT2D eigenvalue weighted by Gasteiger charge is 2.21. The van der Waals surface area contributed by atoms with Crippen LogP contribution in [0.15, 0.2) is 0 Å². The molecular formula is C23H47NO2. The molecule has 1 fully saturated rings. The number of aliphatic hydroxyl groups excluding tert-OH is 1. The predicted molar refractivity (Wildman–Crippen MR) is 113 cm³/mol. The van der Waals surface area contributed by atoms with Gasteiger partial charge in [-0.25, -0.2) is 0 Å². The van der Waals surface area contributed by atoms with Crippen LogP contribution in [0.25, 0.3) is 0 Å². The number of hydrogen-bond acceptors (Lipinski definition) is 3. The van der Waals surface area contributed by atoms with Crippen LogP contribution in [0.4, 0.5) is 0 Å². The van der Waals surface area contributed by atoms with Gasteiger partial charge in [-0.05, 0) is 6.42 Å². The Bertz CT molecular complexity index is 285. The number of unbranched alkanes of at least 4 members (excludes halogenated alkanes) is 15. The zero-order valence-electron chi connectivity index (χ0n) is 17.7. The lowest BCUT2D eigenvalue weighted by molar-refractivity contribution is 0.0789. The van der Waals surface area contributed by atoms with Crippen molar-refractivity contribution in [3.8, 4) is 0 Å². The Kier molecular flexibility index (Phi) is 16.8. The van der Waals surface area contributed by atoms with E-state index >= 15 is 0 Å². The van der Waals surface area contributed by atoms with E-state index in [1.807, 2.05) is 0 Å². The molecule has 0 bridgehead atoms. The van der Waals surface area contributed by atoms with Crippen molar-refractivity contribution in [1.29, 1.82) is 0 Å². The van der Waals surface area contributed by atoms with Crippen LogP contribution in [-0.4, -0.2) is 42.5 Å². The third-order valence-electron chi connectivity index (χ3n) is 5.75. The van der Waals surface area contributed by atoms with Gasteiger partial charge in [-0.15, -0.1) is 0 Å². The zero-order chi connectivity index (χ0) is 18.7. The summed E-state index contributed by atoms with van der Waals surface area (Å²) in [7, 11) is 0. The third-order valence-corrected chi connectivity index (χ3v) is 5.75. The quantitative estimate of drug-likeness (QED) is 0.272. The summed E-state index contributed by atoms with van der Waals surface area (Å²) >= 11 is 0. The maximum absolute atomic E-state index is 8.94. The van der Waals surface area contributed by atoms with Crippen LogP contribution in [0, 0.1) is 0 Å². The molecule has 1 N–H and O–H groups in total. The molecule has 1 saturated heterocycles. The Hall–Kier alpha value is -0.120. The molecule has 0 amide bonds. The summed E-state index contributed by atoms with van der Waals surface area (Å²) in [5.74, 6) is 0. The van der Waals surface area contributed by atoms with E-state index in [4.69, 9.17) is 9.84 Å². The molecule has 0 spiro atoms. The molecule has 0 aromatic carbocycles. The summed E-state index contributed by atoms with van der Waals surface area (Å²) in [5.41, 5.74) is 0. The normalized spacial score (nSPS) is 18.0. The number of nitrogens with zero attached hydrogens (tertiary/aromatic N) is 1. The van der Waals surface area contributed by atoms with E-state index in [9.17, 15) is 0 Å². The molecule has 1 rings (SSSR count). The fraction of sp³-hybridized carbons (Fsp3) is 1.00. The van der Waals surface area contributed by atoms with Crippen molar-refractivity contribution in [2.45, 2.75) is 122 Å². The molecule has 26 heavy (non-hydrogen) atoms. The van der Waals surface area contributed by atoms with Crippen LogP contribution in [0.1, 0.15) is 116 Å². The molecule has 3 nitrogen and oxygen atoms in total. The van der Waals surface area contributed by atoms with Crippen molar-refractivity contribution in [1.82, 2.24) is 4.90 Å². The second-order valence-corrected chi connectivity index (χ2v) is 8.31. The van der Waals surface area contributed by atoms with Gasteiger partial charge in [0.25, 0.3) is 0 Å². The monoisotopic (exact) mass is 369 g/mol. The first-order valence-corrected chi connectivity index (χ1v) is 11.8.